The molecule has 0 atom stereocenters. The summed E-state index contributed by atoms with van der Waals surface area (Å²) in [5, 5.41) is 12.7. The summed E-state index contributed by atoms with van der Waals surface area (Å²) >= 11 is 0. The Bertz CT molecular complexity index is 221. The van der Waals surface area contributed by atoms with Gasteiger partial charge in [-0.1, -0.05) is 0 Å². The summed E-state index contributed by atoms with van der Waals surface area (Å²) in [5.74, 6) is 0. The molecular weight excluding hydrogens is 172 g/mol. The molecule has 0 aliphatic carbocycles. The fourth-order valence-corrected chi connectivity index (χ4v) is 0.388. The molecule has 5 nitrogen and oxygen atoms in total. The van der Waals surface area contributed by atoms with E-state index in [0.29, 0.717) is 0 Å². The van der Waals surface area contributed by atoms with E-state index in [1.165, 1.54) is 12.3 Å². The van der Waals surface area contributed by atoms with Crippen LogP contribution >= 0.6 is 0 Å². The Morgan fingerprint density at radius 1 is 1.75 bits per heavy atom. The zero-order chi connectivity index (χ0) is 9.56. The summed E-state index contributed by atoms with van der Waals surface area (Å²) in [6.07, 6.45) is -2.47. The van der Waals surface area contributed by atoms with E-state index in [4.69, 9.17) is 9.90 Å². The number of primary amides is 1. The Hall–Kier alpha value is -1.66. The average molecular weight is 179 g/mol. The van der Waals surface area contributed by atoms with E-state index in [9.17, 15) is 8.78 Å². The van der Waals surface area contributed by atoms with E-state index < -0.39 is 12.5 Å². The van der Waals surface area contributed by atoms with Gasteiger partial charge in [-0.3, -0.25) is 5.10 Å². The quantitative estimate of drug-likeness (QED) is 0.599. The third-order valence-electron chi connectivity index (χ3n) is 0.757. The molecule has 1 amide bonds. The van der Waals surface area contributed by atoms with Gasteiger partial charge in [0.05, 0.1) is 0 Å². The maximum Gasteiger partial charge on any atom is 0.402 e. The molecule has 0 aliphatic heterocycles. The molecule has 0 radical (unpaired) electrons. The molecule has 7 heteroatoms. The van der Waals surface area contributed by atoms with Gasteiger partial charge in [0.1, 0.15) is 5.69 Å². The number of nitrogens with one attached hydrogen (secondary N) is 1. The van der Waals surface area contributed by atoms with Gasteiger partial charge in [0.2, 0.25) is 0 Å². The maximum atomic E-state index is 11.5. The van der Waals surface area contributed by atoms with Crippen LogP contribution in [0.25, 0.3) is 0 Å². The molecule has 0 saturated carbocycles. The normalized spacial score (nSPS) is 8.92. The number of halogens is 2. The fraction of sp³-hybridized carbons (Fsp3) is 0.200. The summed E-state index contributed by atoms with van der Waals surface area (Å²) in [7, 11) is 0. The van der Waals surface area contributed by atoms with Gasteiger partial charge in [-0.05, 0) is 6.07 Å². The van der Waals surface area contributed by atoms with Crippen molar-refractivity contribution in [3.8, 4) is 0 Å². The molecule has 1 aromatic rings. The Labute approximate surface area is 66.2 Å². The molecule has 0 spiro atoms. The summed E-state index contributed by atoms with van der Waals surface area (Å²) in [4.78, 5) is 8.78. The minimum absolute atomic E-state index is 0.134. The number of amides is 1. The lowest BCUT2D eigenvalue weighted by Crippen LogP contribution is -2.03. The van der Waals surface area contributed by atoms with Crippen molar-refractivity contribution in [1.29, 1.82) is 0 Å². The number of aromatic nitrogens is 2. The molecular formula is C5H7F2N3O2. The fourth-order valence-electron chi connectivity index (χ4n) is 0.388. The van der Waals surface area contributed by atoms with Crippen LogP contribution in [-0.2, 0) is 0 Å². The molecule has 4 N–H and O–H groups in total. The number of carbonyl (C=O) groups is 1. The van der Waals surface area contributed by atoms with E-state index in [2.05, 4.69) is 15.9 Å². The van der Waals surface area contributed by atoms with Crippen LogP contribution in [0.4, 0.5) is 13.6 Å². The molecule has 0 aromatic carbocycles. The van der Waals surface area contributed by atoms with Gasteiger partial charge >= 0.3 is 6.09 Å². The van der Waals surface area contributed by atoms with Crippen LogP contribution in [0, 0.1) is 0 Å². The highest BCUT2D eigenvalue weighted by atomic mass is 19.3. The Balaban J connectivity index is 0.000000261. The van der Waals surface area contributed by atoms with E-state index in [0.717, 1.165) is 0 Å². The Kier molecular flexibility index (Phi) is 4.35. The molecule has 1 aromatic heterocycles. The number of carboxylic acid groups (broad SMARTS) is 1. The van der Waals surface area contributed by atoms with Gasteiger partial charge in [-0.25, -0.2) is 13.6 Å². The number of H-pyrrole nitrogens is 1. The van der Waals surface area contributed by atoms with Gasteiger partial charge in [0.25, 0.3) is 6.43 Å². The van der Waals surface area contributed by atoms with Crippen molar-refractivity contribution in [1.82, 2.24) is 10.2 Å². The molecule has 1 heterocycles. The maximum absolute atomic E-state index is 11.5. The topological polar surface area (TPSA) is 92.0 Å². The second-order valence-corrected chi connectivity index (χ2v) is 1.65. The Morgan fingerprint density at radius 3 is 2.42 bits per heavy atom. The van der Waals surface area contributed by atoms with Gasteiger partial charge in [0.15, 0.2) is 0 Å². The number of nitrogens with two attached hydrogens (primary N) is 1. The summed E-state index contributed by atoms with van der Waals surface area (Å²) < 4.78 is 23.1. The average Bonchev–Trinajstić information content (AvgIpc) is 2.34. The molecule has 0 saturated heterocycles. The van der Waals surface area contributed by atoms with Crippen LogP contribution in [0.3, 0.4) is 0 Å². The van der Waals surface area contributed by atoms with Crippen molar-refractivity contribution >= 4 is 6.09 Å². The second kappa shape index (κ2) is 5.05. The molecule has 0 bridgehead atoms. The highest BCUT2D eigenvalue weighted by Crippen LogP contribution is 2.13. The first kappa shape index (κ1) is 10.3. The molecule has 0 unspecified atom stereocenters. The zero-order valence-corrected chi connectivity index (χ0v) is 5.87. The van der Waals surface area contributed by atoms with Gasteiger partial charge in [-0.15, -0.1) is 0 Å². The third-order valence-corrected chi connectivity index (χ3v) is 0.757. The number of hydrogen-bond donors (Lipinski definition) is 3. The van der Waals surface area contributed by atoms with Crippen molar-refractivity contribution in [3.63, 3.8) is 0 Å². The lowest BCUT2D eigenvalue weighted by Gasteiger charge is -1.87. The molecule has 1 rings (SSSR count). The minimum atomic E-state index is -2.43. The SMILES string of the molecule is FC(F)c1ccn[nH]1.NC(=O)O. The molecule has 12 heavy (non-hydrogen) atoms. The lowest BCUT2D eigenvalue weighted by atomic mass is 10.5. The Morgan fingerprint density at radius 2 is 2.25 bits per heavy atom. The third kappa shape index (κ3) is 5.15. The second-order valence-electron chi connectivity index (χ2n) is 1.65. The van der Waals surface area contributed by atoms with E-state index in [1.54, 1.807) is 0 Å². The lowest BCUT2D eigenvalue weighted by molar-refractivity contribution is 0.146. The van der Waals surface area contributed by atoms with Crippen LogP contribution < -0.4 is 5.73 Å². The smallest absolute Gasteiger partial charge is 0.402 e. The molecule has 0 aliphatic rings. The predicted octanol–water partition coefficient (Wildman–Crippen LogP) is 0.970. The number of hydrogen-bond acceptors (Lipinski definition) is 2. The van der Waals surface area contributed by atoms with Gasteiger partial charge in [0, 0.05) is 6.20 Å². The number of aromatic amines is 1. The summed E-state index contributed by atoms with van der Waals surface area (Å²) in [6, 6.07) is 1.24. The van der Waals surface area contributed by atoms with Gasteiger partial charge in [-0.2, -0.15) is 5.10 Å². The summed E-state index contributed by atoms with van der Waals surface area (Å²) in [6.45, 7) is 0. The largest absolute Gasteiger partial charge is 0.465 e. The molecule has 68 valence electrons. The van der Waals surface area contributed by atoms with Crippen LogP contribution in [0.15, 0.2) is 12.3 Å². The van der Waals surface area contributed by atoms with Crippen LogP contribution in [0.1, 0.15) is 12.1 Å². The number of nitrogens with zero attached hydrogens (tertiary/aromatic N) is 1. The van der Waals surface area contributed by atoms with Crippen LogP contribution in [0.2, 0.25) is 0 Å². The van der Waals surface area contributed by atoms with E-state index >= 15 is 0 Å². The van der Waals surface area contributed by atoms with Crippen LogP contribution in [-0.4, -0.2) is 21.4 Å². The van der Waals surface area contributed by atoms with Crippen molar-refractivity contribution in [3.05, 3.63) is 18.0 Å². The van der Waals surface area contributed by atoms with Crippen molar-refractivity contribution < 1.29 is 18.7 Å². The first-order valence-corrected chi connectivity index (χ1v) is 2.80. The predicted molar refractivity (Wildman–Crippen MR) is 35.8 cm³/mol. The molecule has 0 fully saturated rings. The monoisotopic (exact) mass is 179 g/mol. The van der Waals surface area contributed by atoms with E-state index in [-0.39, 0.29) is 5.69 Å². The van der Waals surface area contributed by atoms with E-state index in [1.807, 2.05) is 0 Å². The van der Waals surface area contributed by atoms with Gasteiger partial charge < -0.3 is 10.8 Å². The zero-order valence-electron chi connectivity index (χ0n) is 5.87. The first-order chi connectivity index (χ1) is 5.54. The number of alkyl halides is 2. The first-order valence-electron chi connectivity index (χ1n) is 2.80. The summed E-state index contributed by atoms with van der Waals surface area (Å²) in [5.41, 5.74) is 3.89. The van der Waals surface area contributed by atoms with Crippen LogP contribution in [0.5, 0.6) is 0 Å². The number of rotatable bonds is 1. The standard InChI is InChI=1S/C4H4F2N2.CH3NO2/c5-4(6)3-1-2-7-8-3;2-1(3)4/h1-2,4H,(H,7,8);2H2,(H,3,4). The highest BCUT2D eigenvalue weighted by molar-refractivity contribution is 5.61. The van der Waals surface area contributed by atoms with Crippen molar-refractivity contribution in [2.75, 3.05) is 0 Å². The highest BCUT2D eigenvalue weighted by Gasteiger charge is 2.05. The van der Waals surface area contributed by atoms with Crippen molar-refractivity contribution in [2.24, 2.45) is 5.73 Å². The van der Waals surface area contributed by atoms with Crippen molar-refractivity contribution in [2.45, 2.75) is 6.43 Å². The minimum Gasteiger partial charge on any atom is -0.465 e.